The zero-order chi connectivity index (χ0) is 19.1. The quantitative estimate of drug-likeness (QED) is 0.699. The van der Waals surface area contributed by atoms with Gasteiger partial charge in [-0.25, -0.2) is 0 Å². The van der Waals surface area contributed by atoms with Gasteiger partial charge in [-0.05, 0) is 82.0 Å². The normalized spacial score (nSPS) is 21.3. The molecule has 1 N–H and O–H groups in total. The van der Waals surface area contributed by atoms with Crippen LogP contribution >= 0.6 is 0 Å². The van der Waals surface area contributed by atoms with Crippen LogP contribution in [0.15, 0.2) is 18.2 Å². The van der Waals surface area contributed by atoms with Gasteiger partial charge in [0, 0.05) is 19.1 Å². The monoisotopic (exact) mass is 372 g/mol. The average molecular weight is 373 g/mol. The molecule has 1 fully saturated rings. The first-order valence-corrected chi connectivity index (χ1v) is 11.0. The Morgan fingerprint density at radius 2 is 2.11 bits per heavy atom. The lowest BCUT2D eigenvalue weighted by Gasteiger charge is -2.35. The first-order valence-electron chi connectivity index (χ1n) is 11.0. The van der Waals surface area contributed by atoms with E-state index in [0.717, 1.165) is 44.1 Å². The molecule has 0 radical (unpaired) electrons. The second-order valence-corrected chi connectivity index (χ2v) is 8.10. The van der Waals surface area contributed by atoms with Crippen molar-refractivity contribution in [3.05, 3.63) is 29.3 Å². The van der Waals surface area contributed by atoms with E-state index in [0.29, 0.717) is 0 Å². The number of fused-ring (bicyclic) bond motifs is 1. The Morgan fingerprint density at radius 3 is 2.96 bits per heavy atom. The Balaban J connectivity index is 1.42. The van der Waals surface area contributed by atoms with Gasteiger partial charge in [0.05, 0.1) is 0 Å². The Hall–Kier alpha value is -1.55. The topological polar surface area (TPSA) is 41.6 Å². The molecule has 0 unspecified atom stereocenters. The second kappa shape index (κ2) is 10.1. The molecule has 0 saturated carbocycles. The Labute approximate surface area is 164 Å². The van der Waals surface area contributed by atoms with Gasteiger partial charge in [-0.15, -0.1) is 0 Å². The summed E-state index contributed by atoms with van der Waals surface area (Å²) in [7, 11) is 0. The van der Waals surface area contributed by atoms with Gasteiger partial charge in [0.25, 0.3) is 5.91 Å². The highest BCUT2D eigenvalue weighted by Gasteiger charge is 2.21. The van der Waals surface area contributed by atoms with E-state index in [2.05, 4.69) is 23.2 Å². The Morgan fingerprint density at radius 1 is 1.26 bits per heavy atom. The third kappa shape index (κ3) is 5.47. The third-order valence-electron chi connectivity index (χ3n) is 6.17. The largest absolute Gasteiger partial charge is 0.481 e. The minimum absolute atomic E-state index is 0.00546. The fraction of sp³-hybridized carbons (Fsp3) is 0.696. The molecule has 1 aromatic carbocycles. The average Bonchev–Trinajstić information content (AvgIpc) is 2.71. The van der Waals surface area contributed by atoms with Crippen molar-refractivity contribution in [2.45, 2.75) is 83.8 Å². The van der Waals surface area contributed by atoms with Crippen LogP contribution in [0.2, 0.25) is 0 Å². The predicted octanol–water partition coefficient (Wildman–Crippen LogP) is 4.10. The van der Waals surface area contributed by atoms with Crippen molar-refractivity contribution in [1.29, 1.82) is 0 Å². The van der Waals surface area contributed by atoms with E-state index in [9.17, 15) is 4.79 Å². The zero-order valence-corrected chi connectivity index (χ0v) is 17.1. The summed E-state index contributed by atoms with van der Waals surface area (Å²) in [4.78, 5) is 15.0. The van der Waals surface area contributed by atoms with E-state index in [1.165, 1.54) is 56.2 Å². The van der Waals surface area contributed by atoms with Crippen LogP contribution in [0.5, 0.6) is 5.75 Å². The van der Waals surface area contributed by atoms with Crippen LogP contribution in [0.1, 0.15) is 69.9 Å². The van der Waals surface area contributed by atoms with Crippen LogP contribution in [-0.2, 0) is 17.6 Å². The lowest BCUT2D eigenvalue weighted by atomic mass is 9.91. The van der Waals surface area contributed by atoms with E-state index < -0.39 is 6.10 Å². The van der Waals surface area contributed by atoms with E-state index in [1.807, 2.05) is 19.1 Å². The number of benzene rings is 1. The molecule has 4 heteroatoms. The fourth-order valence-corrected chi connectivity index (χ4v) is 4.55. The number of ether oxygens (including phenoxy) is 1. The molecule has 3 rings (SSSR count). The first kappa shape index (κ1) is 20.2. The van der Waals surface area contributed by atoms with Crippen LogP contribution < -0.4 is 10.1 Å². The summed E-state index contributed by atoms with van der Waals surface area (Å²) in [6, 6.07) is 6.99. The third-order valence-corrected chi connectivity index (χ3v) is 6.17. The number of hydrogen-bond donors (Lipinski definition) is 1. The molecule has 1 aliphatic carbocycles. The predicted molar refractivity (Wildman–Crippen MR) is 110 cm³/mol. The molecule has 27 heavy (non-hydrogen) atoms. The highest BCUT2D eigenvalue weighted by Crippen LogP contribution is 2.30. The highest BCUT2D eigenvalue weighted by atomic mass is 16.5. The van der Waals surface area contributed by atoms with Gasteiger partial charge in [-0.3, -0.25) is 4.79 Å². The summed E-state index contributed by atoms with van der Waals surface area (Å²) in [5.41, 5.74) is 2.69. The molecule has 1 aromatic rings. The number of aryl methyl sites for hydroxylation is 1. The van der Waals surface area contributed by atoms with Gasteiger partial charge >= 0.3 is 0 Å². The van der Waals surface area contributed by atoms with Crippen LogP contribution in [-0.4, -0.2) is 42.6 Å². The lowest BCUT2D eigenvalue weighted by molar-refractivity contribution is -0.127. The SMILES string of the molecule is CC[C@@H]1CCCCN1CCCNC(=O)[C@H](C)Oc1cccc2c1CCCC2. The summed E-state index contributed by atoms with van der Waals surface area (Å²) in [5.74, 6) is 0.892. The maximum Gasteiger partial charge on any atom is 0.260 e. The van der Waals surface area contributed by atoms with Gasteiger partial charge in [0.2, 0.25) is 0 Å². The van der Waals surface area contributed by atoms with E-state index in [4.69, 9.17) is 4.74 Å². The van der Waals surface area contributed by atoms with Crippen LogP contribution in [0, 0.1) is 0 Å². The second-order valence-electron chi connectivity index (χ2n) is 8.10. The summed E-state index contributed by atoms with van der Waals surface area (Å²) in [6.45, 7) is 7.17. The number of nitrogens with one attached hydrogen (secondary N) is 1. The lowest BCUT2D eigenvalue weighted by Crippen LogP contribution is -2.41. The smallest absolute Gasteiger partial charge is 0.260 e. The molecule has 0 bridgehead atoms. The minimum atomic E-state index is -0.447. The highest BCUT2D eigenvalue weighted by molar-refractivity contribution is 5.80. The van der Waals surface area contributed by atoms with E-state index in [1.54, 1.807) is 0 Å². The Bertz CT molecular complexity index is 616. The van der Waals surface area contributed by atoms with Gasteiger partial charge < -0.3 is 15.0 Å². The number of hydrogen-bond acceptors (Lipinski definition) is 3. The first-order chi connectivity index (χ1) is 13.2. The summed E-state index contributed by atoms with van der Waals surface area (Å²) in [5, 5.41) is 3.06. The number of rotatable bonds is 8. The Kier molecular flexibility index (Phi) is 7.57. The van der Waals surface area contributed by atoms with Gasteiger partial charge in [-0.1, -0.05) is 25.5 Å². The number of carbonyl (C=O) groups is 1. The maximum atomic E-state index is 12.4. The molecular weight excluding hydrogens is 336 g/mol. The van der Waals surface area contributed by atoms with Gasteiger partial charge in [0.15, 0.2) is 6.10 Å². The van der Waals surface area contributed by atoms with Crippen molar-refractivity contribution in [1.82, 2.24) is 10.2 Å². The van der Waals surface area contributed by atoms with E-state index >= 15 is 0 Å². The molecular formula is C23H36N2O2. The summed E-state index contributed by atoms with van der Waals surface area (Å²) in [6.07, 6.45) is 10.5. The summed E-state index contributed by atoms with van der Waals surface area (Å²) < 4.78 is 6.03. The molecule has 0 aromatic heterocycles. The molecule has 0 spiro atoms. The van der Waals surface area contributed by atoms with Crippen molar-refractivity contribution >= 4 is 5.91 Å². The number of likely N-dealkylation sites (tertiary alicyclic amines) is 1. The van der Waals surface area contributed by atoms with Crippen LogP contribution in [0.4, 0.5) is 0 Å². The fourth-order valence-electron chi connectivity index (χ4n) is 4.55. The number of piperidine rings is 1. The molecule has 2 atom stereocenters. The van der Waals surface area contributed by atoms with Crippen molar-refractivity contribution in [3.63, 3.8) is 0 Å². The molecule has 1 saturated heterocycles. The molecule has 4 nitrogen and oxygen atoms in total. The number of amides is 1. The summed E-state index contributed by atoms with van der Waals surface area (Å²) >= 11 is 0. The van der Waals surface area contributed by atoms with Crippen LogP contribution in [0.3, 0.4) is 0 Å². The molecule has 2 aliphatic rings. The van der Waals surface area contributed by atoms with Crippen molar-refractivity contribution in [3.8, 4) is 5.75 Å². The molecule has 1 heterocycles. The van der Waals surface area contributed by atoms with E-state index in [-0.39, 0.29) is 5.91 Å². The standard InChI is InChI=1S/C23H36N2O2/c1-3-20-12-6-7-16-25(20)17-9-15-24-23(26)18(2)27-22-14-8-11-19-10-4-5-13-21(19)22/h8,11,14,18,20H,3-7,9-10,12-13,15-17H2,1-2H3,(H,24,26)/t18-,20+/m0/s1. The number of carbonyl (C=O) groups excluding carboxylic acids is 1. The van der Waals surface area contributed by atoms with Crippen molar-refractivity contribution < 1.29 is 9.53 Å². The van der Waals surface area contributed by atoms with Crippen LogP contribution in [0.25, 0.3) is 0 Å². The maximum absolute atomic E-state index is 12.4. The van der Waals surface area contributed by atoms with Gasteiger partial charge in [0.1, 0.15) is 5.75 Å². The minimum Gasteiger partial charge on any atom is -0.481 e. The van der Waals surface area contributed by atoms with Crippen molar-refractivity contribution in [2.75, 3.05) is 19.6 Å². The molecule has 150 valence electrons. The number of nitrogens with zero attached hydrogens (tertiary/aromatic N) is 1. The van der Waals surface area contributed by atoms with Crippen molar-refractivity contribution in [2.24, 2.45) is 0 Å². The zero-order valence-electron chi connectivity index (χ0n) is 17.1. The van der Waals surface area contributed by atoms with Gasteiger partial charge in [-0.2, -0.15) is 0 Å². The molecule has 1 aliphatic heterocycles. The molecule has 1 amide bonds.